The number of rotatable bonds is 9. The first kappa shape index (κ1) is 25.3. The molecule has 1 unspecified atom stereocenters. The van der Waals surface area contributed by atoms with Crippen LogP contribution < -0.4 is 11.1 Å². The number of nitrogen functional groups attached to an aromatic ring is 1. The van der Waals surface area contributed by atoms with Crippen LogP contribution in [0.5, 0.6) is 0 Å². The Morgan fingerprint density at radius 1 is 1.06 bits per heavy atom. The lowest BCUT2D eigenvalue weighted by molar-refractivity contribution is -0.159. The van der Waals surface area contributed by atoms with E-state index in [4.69, 9.17) is 11.1 Å². The number of nitrogens with two attached hydrogens (primary N) is 1. The van der Waals surface area contributed by atoms with Gasteiger partial charge in [0.25, 0.3) is 5.91 Å². The van der Waals surface area contributed by atoms with E-state index >= 15 is 0 Å². The Labute approximate surface area is 198 Å². The van der Waals surface area contributed by atoms with Gasteiger partial charge in [0.2, 0.25) is 0 Å². The van der Waals surface area contributed by atoms with Gasteiger partial charge >= 0.3 is 17.8 Å². The third-order valence-electron chi connectivity index (χ3n) is 5.53. The molecule has 10 nitrogen and oxygen atoms in total. The van der Waals surface area contributed by atoms with Crippen molar-refractivity contribution in [1.82, 2.24) is 15.1 Å². The first-order valence-corrected chi connectivity index (χ1v) is 10.6. The molecule has 0 spiro atoms. The van der Waals surface area contributed by atoms with Gasteiger partial charge in [-0.15, -0.1) is 0 Å². The van der Waals surface area contributed by atoms with E-state index in [0.29, 0.717) is 17.2 Å². The minimum atomic E-state index is -1.32. The maximum Gasteiger partial charge on any atom is 0.312 e. The van der Waals surface area contributed by atoms with Crippen LogP contribution in [-0.2, 0) is 14.4 Å². The molecule has 3 rings (SSSR count). The van der Waals surface area contributed by atoms with E-state index in [9.17, 15) is 33.1 Å². The summed E-state index contributed by atoms with van der Waals surface area (Å²) in [6, 6.07) is 7.35. The number of halogens is 2. The van der Waals surface area contributed by atoms with E-state index in [2.05, 4.69) is 5.32 Å². The van der Waals surface area contributed by atoms with E-state index < -0.39 is 47.8 Å². The highest BCUT2D eigenvalue weighted by molar-refractivity contribution is 6.35. The fourth-order valence-corrected chi connectivity index (χ4v) is 3.73. The highest BCUT2D eigenvalue weighted by Crippen LogP contribution is 2.29. The molecular weight excluding hydrogens is 464 g/mol. The number of hydrogen-bond donors (Lipinski definition) is 4. The van der Waals surface area contributed by atoms with Crippen molar-refractivity contribution in [2.24, 2.45) is 5.73 Å². The van der Waals surface area contributed by atoms with Crippen LogP contribution in [0.1, 0.15) is 33.9 Å². The van der Waals surface area contributed by atoms with Crippen molar-refractivity contribution in [3.05, 3.63) is 70.8 Å². The fraction of sp³-hybridized carbons (Fsp3) is 0.261. The van der Waals surface area contributed by atoms with E-state index in [-0.39, 0.29) is 37.6 Å². The van der Waals surface area contributed by atoms with Gasteiger partial charge in [0, 0.05) is 48.9 Å². The molecule has 2 aromatic carbocycles. The summed E-state index contributed by atoms with van der Waals surface area (Å²) in [6.07, 6.45) is -0.667. The molecule has 12 heteroatoms. The number of benzene rings is 2. The molecule has 3 amide bonds. The second kappa shape index (κ2) is 10.7. The molecule has 184 valence electrons. The van der Waals surface area contributed by atoms with Crippen molar-refractivity contribution in [2.75, 3.05) is 26.2 Å². The summed E-state index contributed by atoms with van der Waals surface area (Å²) in [5, 5.41) is 19.2. The van der Waals surface area contributed by atoms with Gasteiger partial charge in [-0.05, 0) is 18.2 Å². The summed E-state index contributed by atoms with van der Waals surface area (Å²) in [7, 11) is 0. The number of amides is 3. The zero-order valence-corrected chi connectivity index (χ0v) is 18.5. The monoisotopic (exact) mass is 487 g/mol. The Balaban J connectivity index is 1.62. The number of nitrogens with one attached hydrogen (secondary N) is 2. The molecule has 0 aliphatic carbocycles. The predicted molar refractivity (Wildman–Crippen MR) is 119 cm³/mol. The molecule has 1 atom stereocenters. The van der Waals surface area contributed by atoms with E-state index in [1.165, 1.54) is 29.2 Å². The Hall–Kier alpha value is -4.35. The predicted octanol–water partition coefficient (Wildman–Crippen LogP) is 0.865. The number of carboxylic acids is 1. The molecule has 0 bridgehead atoms. The van der Waals surface area contributed by atoms with Crippen molar-refractivity contribution in [1.29, 1.82) is 5.41 Å². The summed E-state index contributed by atoms with van der Waals surface area (Å²) in [5.74, 6) is -5.69. The number of aliphatic carboxylic acids is 1. The molecule has 0 radical (unpaired) electrons. The maximum atomic E-state index is 14.3. The highest BCUT2D eigenvalue weighted by Gasteiger charge is 2.38. The standard InChI is InChI=1S/C23H23F2N5O5/c24-15-5-6-16(17(25)11-15)18(12-19(31)32)30-10-9-29(22(34)23(30)35)8-7-28-21(33)14-3-1-13(2-4-14)20(26)27/h1-6,11,18H,7-10,12H2,(H3,26,27)(H,28,33)(H,31,32). The third-order valence-corrected chi connectivity index (χ3v) is 5.53. The quantitative estimate of drug-likeness (QED) is 0.234. The summed E-state index contributed by atoms with van der Waals surface area (Å²) in [6.45, 7) is 0.0219. The zero-order valence-electron chi connectivity index (χ0n) is 18.5. The lowest BCUT2D eigenvalue weighted by Crippen LogP contribution is -2.56. The molecule has 1 heterocycles. The fourth-order valence-electron chi connectivity index (χ4n) is 3.73. The van der Waals surface area contributed by atoms with Gasteiger partial charge in [-0.25, -0.2) is 8.78 Å². The summed E-state index contributed by atoms with van der Waals surface area (Å²) in [4.78, 5) is 51.2. The second-order valence-electron chi connectivity index (χ2n) is 7.82. The Morgan fingerprint density at radius 2 is 1.71 bits per heavy atom. The molecule has 1 saturated heterocycles. The van der Waals surface area contributed by atoms with Crippen LogP contribution in [0.25, 0.3) is 0 Å². The highest BCUT2D eigenvalue weighted by atomic mass is 19.1. The molecule has 1 aliphatic heterocycles. The van der Waals surface area contributed by atoms with Crippen molar-refractivity contribution < 1.29 is 33.1 Å². The lowest BCUT2D eigenvalue weighted by Gasteiger charge is -2.38. The average molecular weight is 487 g/mol. The summed E-state index contributed by atoms with van der Waals surface area (Å²) >= 11 is 0. The van der Waals surface area contributed by atoms with Gasteiger partial charge in [-0.2, -0.15) is 0 Å². The lowest BCUT2D eigenvalue weighted by atomic mass is 10.00. The van der Waals surface area contributed by atoms with Gasteiger partial charge < -0.3 is 26.0 Å². The minimum absolute atomic E-state index is 0.0180. The number of hydrogen-bond acceptors (Lipinski definition) is 5. The number of carboxylic acid groups (broad SMARTS) is 1. The first-order chi connectivity index (χ1) is 16.6. The summed E-state index contributed by atoms with van der Waals surface area (Å²) < 4.78 is 27.6. The van der Waals surface area contributed by atoms with Crippen molar-refractivity contribution in [3.63, 3.8) is 0 Å². The van der Waals surface area contributed by atoms with Crippen molar-refractivity contribution >= 4 is 29.5 Å². The van der Waals surface area contributed by atoms with Gasteiger partial charge in [-0.1, -0.05) is 18.2 Å². The largest absolute Gasteiger partial charge is 0.481 e. The number of carbonyl (C=O) groups excluding carboxylic acids is 3. The van der Waals surface area contributed by atoms with Gasteiger partial charge in [0.15, 0.2) is 0 Å². The Morgan fingerprint density at radius 3 is 2.31 bits per heavy atom. The van der Waals surface area contributed by atoms with Gasteiger partial charge in [-0.3, -0.25) is 24.6 Å². The number of carbonyl (C=O) groups is 4. The molecular formula is C23H23F2N5O5. The van der Waals surface area contributed by atoms with Crippen LogP contribution in [-0.4, -0.2) is 70.6 Å². The number of piperazine rings is 1. The molecule has 0 aromatic heterocycles. The molecule has 35 heavy (non-hydrogen) atoms. The zero-order chi connectivity index (χ0) is 25.7. The van der Waals surface area contributed by atoms with Crippen LogP contribution in [0.2, 0.25) is 0 Å². The molecule has 2 aromatic rings. The number of amidine groups is 1. The second-order valence-corrected chi connectivity index (χ2v) is 7.82. The van der Waals surface area contributed by atoms with Gasteiger partial charge in [0.05, 0.1) is 12.5 Å². The van der Waals surface area contributed by atoms with E-state index in [1.807, 2.05) is 0 Å². The maximum absolute atomic E-state index is 14.3. The number of nitrogens with zero attached hydrogens (tertiary/aromatic N) is 2. The summed E-state index contributed by atoms with van der Waals surface area (Å²) in [5.41, 5.74) is 5.96. The van der Waals surface area contributed by atoms with Gasteiger partial charge in [0.1, 0.15) is 17.5 Å². The molecule has 1 fully saturated rings. The smallest absolute Gasteiger partial charge is 0.312 e. The van der Waals surface area contributed by atoms with Crippen LogP contribution in [0.15, 0.2) is 42.5 Å². The Kier molecular flexibility index (Phi) is 7.74. The van der Waals surface area contributed by atoms with Crippen LogP contribution in [0.3, 0.4) is 0 Å². The van der Waals surface area contributed by atoms with Crippen molar-refractivity contribution in [2.45, 2.75) is 12.5 Å². The van der Waals surface area contributed by atoms with E-state index in [1.54, 1.807) is 0 Å². The third kappa shape index (κ3) is 5.96. The minimum Gasteiger partial charge on any atom is -0.481 e. The van der Waals surface area contributed by atoms with Crippen LogP contribution in [0, 0.1) is 17.0 Å². The van der Waals surface area contributed by atoms with Crippen molar-refractivity contribution in [3.8, 4) is 0 Å². The van der Waals surface area contributed by atoms with Crippen LogP contribution in [0.4, 0.5) is 8.78 Å². The normalized spacial score (nSPS) is 14.6. The van der Waals surface area contributed by atoms with E-state index in [0.717, 1.165) is 17.0 Å². The SMILES string of the molecule is N=C(N)c1ccc(C(=O)NCCN2CCN(C(CC(=O)O)c3ccc(F)cc3F)C(=O)C2=O)cc1. The van der Waals surface area contributed by atoms with Crippen LogP contribution >= 0.6 is 0 Å². The average Bonchev–Trinajstić information content (AvgIpc) is 2.80. The molecule has 5 N–H and O–H groups in total. The Bertz CT molecular complexity index is 1170. The first-order valence-electron chi connectivity index (χ1n) is 10.6. The molecule has 0 saturated carbocycles. The topological polar surface area (TPSA) is 157 Å². The molecule has 1 aliphatic rings.